The lowest BCUT2D eigenvalue weighted by atomic mass is 9.72. The highest BCUT2D eigenvalue weighted by atomic mass is 35.5. The van der Waals surface area contributed by atoms with Crippen molar-refractivity contribution in [2.75, 3.05) is 37.6 Å². The van der Waals surface area contributed by atoms with Gasteiger partial charge in [0.1, 0.15) is 5.41 Å². The third-order valence-corrected chi connectivity index (χ3v) is 7.51. The molecule has 0 spiro atoms. The lowest BCUT2D eigenvalue weighted by Gasteiger charge is -2.36. The molecular formula is C29H31ClN2O6S. The number of hydrogen-bond donors (Lipinski definition) is 2. The van der Waals surface area contributed by atoms with Crippen molar-refractivity contribution in [1.82, 2.24) is 4.90 Å². The largest absolute Gasteiger partial charge is 0.394 e. The molecule has 3 aromatic carbocycles. The van der Waals surface area contributed by atoms with Crippen molar-refractivity contribution in [2.45, 2.75) is 24.7 Å². The fourth-order valence-corrected chi connectivity index (χ4v) is 5.61. The summed E-state index contributed by atoms with van der Waals surface area (Å²) in [5.41, 5.74) is 2.03. The van der Waals surface area contributed by atoms with Gasteiger partial charge in [0.2, 0.25) is 0 Å². The number of piperazine rings is 1. The Kier molecular flexibility index (Phi) is 9.19. The van der Waals surface area contributed by atoms with Crippen LogP contribution in [0.4, 0.5) is 5.69 Å². The molecule has 0 atom stereocenters. The summed E-state index contributed by atoms with van der Waals surface area (Å²) < 4.78 is 31.6. The van der Waals surface area contributed by atoms with Gasteiger partial charge < -0.3 is 4.90 Å². The van der Waals surface area contributed by atoms with E-state index in [4.69, 9.17) is 29.1 Å². The molecule has 1 heterocycles. The molecule has 2 aliphatic rings. The molecule has 1 saturated heterocycles. The number of benzene rings is 3. The molecule has 0 bridgehead atoms. The number of carbonyl (C=O) groups excluding carboxylic acids is 2. The van der Waals surface area contributed by atoms with E-state index in [1.54, 1.807) is 12.1 Å². The fourth-order valence-electron chi connectivity index (χ4n) is 5.43. The second kappa shape index (κ2) is 12.4. The number of nitrogens with zero attached hydrogens (tertiary/aromatic N) is 2. The molecular weight excluding hydrogens is 540 g/mol. The fraction of sp³-hybridized carbons (Fsp3) is 0.310. The minimum absolute atomic E-state index is 0.0468. The summed E-state index contributed by atoms with van der Waals surface area (Å²) in [5, 5.41) is 0.769. The summed E-state index contributed by atoms with van der Waals surface area (Å²) in [4.78, 5) is 32.0. The zero-order chi connectivity index (χ0) is 28.0. The first kappa shape index (κ1) is 28.9. The predicted molar refractivity (Wildman–Crippen MR) is 151 cm³/mol. The molecule has 0 radical (unpaired) electrons. The van der Waals surface area contributed by atoms with E-state index < -0.39 is 15.8 Å². The van der Waals surface area contributed by atoms with Crippen molar-refractivity contribution < 1.29 is 27.1 Å². The zero-order valence-electron chi connectivity index (χ0n) is 21.4. The van der Waals surface area contributed by atoms with Crippen LogP contribution in [0.3, 0.4) is 0 Å². The van der Waals surface area contributed by atoms with Crippen LogP contribution in [-0.4, -0.2) is 66.7 Å². The summed E-state index contributed by atoms with van der Waals surface area (Å²) in [5.74, 6) is -0.0936. The van der Waals surface area contributed by atoms with Gasteiger partial charge in [0.05, 0.1) is 0 Å². The molecule has 0 aromatic heterocycles. The number of anilines is 1. The number of unbranched alkanes of at least 4 members (excludes halogenated alkanes) is 1. The topological polar surface area (TPSA) is 115 Å². The number of hydrogen-bond acceptors (Lipinski definition) is 6. The molecule has 1 aliphatic carbocycles. The maximum Gasteiger partial charge on any atom is 0.394 e. The lowest BCUT2D eigenvalue weighted by Crippen LogP contribution is -2.46. The van der Waals surface area contributed by atoms with Crippen LogP contribution in [0.1, 0.15) is 45.5 Å². The van der Waals surface area contributed by atoms with Gasteiger partial charge in [0, 0.05) is 48.0 Å². The number of carbonyl (C=O) groups is 2. The monoisotopic (exact) mass is 570 g/mol. The van der Waals surface area contributed by atoms with E-state index in [0.717, 1.165) is 56.2 Å². The number of rotatable bonds is 7. The van der Waals surface area contributed by atoms with Gasteiger partial charge in [-0.2, -0.15) is 8.42 Å². The number of ketones is 2. The van der Waals surface area contributed by atoms with Crippen LogP contribution in [0.25, 0.3) is 0 Å². The van der Waals surface area contributed by atoms with Gasteiger partial charge in [-0.15, -0.1) is 0 Å². The van der Waals surface area contributed by atoms with Crippen molar-refractivity contribution in [3.8, 4) is 0 Å². The molecule has 0 saturated carbocycles. The molecule has 10 heteroatoms. The molecule has 3 aromatic rings. The molecule has 1 aliphatic heterocycles. The van der Waals surface area contributed by atoms with Crippen LogP contribution < -0.4 is 4.90 Å². The van der Waals surface area contributed by atoms with Crippen molar-refractivity contribution in [3.63, 3.8) is 0 Å². The van der Waals surface area contributed by atoms with Crippen molar-refractivity contribution in [1.29, 1.82) is 0 Å². The highest BCUT2D eigenvalue weighted by molar-refractivity contribution is 7.79. The van der Waals surface area contributed by atoms with Gasteiger partial charge in [-0.3, -0.25) is 23.6 Å². The molecule has 5 rings (SSSR count). The smallest absolute Gasteiger partial charge is 0.369 e. The lowest BCUT2D eigenvalue weighted by molar-refractivity contribution is 0.0779. The summed E-state index contributed by atoms with van der Waals surface area (Å²) in [6.45, 7) is 4.92. The van der Waals surface area contributed by atoms with Crippen molar-refractivity contribution >= 4 is 39.3 Å². The standard InChI is InChI=1S/C29H29ClN2O2.H2O4S/c30-23-11-8-12-24(21-23)32-19-17-31(18-20-32)16-7-6-15-29(22-9-2-1-3-10-22)27(33)25-13-4-5-14-26(25)28(29)34;1-5(2,3)4/h1-5,8-14,21H,6-7,15-20H2;(H2,1,2,3,4). The average Bonchev–Trinajstić information content (AvgIpc) is 3.13. The number of fused-ring (bicyclic) bond motifs is 1. The quantitative estimate of drug-likeness (QED) is 0.232. The third-order valence-electron chi connectivity index (χ3n) is 7.28. The van der Waals surface area contributed by atoms with Gasteiger partial charge in [-0.05, 0) is 43.1 Å². The van der Waals surface area contributed by atoms with E-state index in [2.05, 4.69) is 15.9 Å². The predicted octanol–water partition coefficient (Wildman–Crippen LogP) is 5.00. The van der Waals surface area contributed by atoms with E-state index >= 15 is 0 Å². The van der Waals surface area contributed by atoms with E-state index in [-0.39, 0.29) is 11.6 Å². The van der Waals surface area contributed by atoms with Crippen LogP contribution in [0.5, 0.6) is 0 Å². The third kappa shape index (κ3) is 6.93. The zero-order valence-corrected chi connectivity index (χ0v) is 22.9. The Balaban J connectivity index is 0.000000648. The normalized spacial score (nSPS) is 16.9. The minimum atomic E-state index is -4.67. The van der Waals surface area contributed by atoms with Crippen LogP contribution in [0.15, 0.2) is 78.9 Å². The molecule has 0 unspecified atom stereocenters. The highest BCUT2D eigenvalue weighted by Gasteiger charge is 2.53. The summed E-state index contributed by atoms with van der Waals surface area (Å²) in [7, 11) is -4.67. The first-order valence-electron chi connectivity index (χ1n) is 12.8. The Labute approximate surface area is 233 Å². The molecule has 206 valence electrons. The van der Waals surface area contributed by atoms with Gasteiger partial charge >= 0.3 is 10.4 Å². The second-order valence-corrected chi connectivity index (χ2v) is 11.0. The Morgan fingerprint density at radius 3 is 1.90 bits per heavy atom. The maximum absolute atomic E-state index is 13.6. The Hall–Kier alpha value is -3.08. The summed E-state index contributed by atoms with van der Waals surface area (Å²) in [6.07, 6.45) is 2.34. The second-order valence-electron chi connectivity index (χ2n) is 9.69. The highest BCUT2D eigenvalue weighted by Crippen LogP contribution is 2.43. The Morgan fingerprint density at radius 1 is 0.769 bits per heavy atom. The molecule has 1 fully saturated rings. The Morgan fingerprint density at radius 2 is 1.33 bits per heavy atom. The molecule has 0 amide bonds. The number of Topliss-reactive ketones (excluding diaryl/α,β-unsaturated/α-hetero) is 2. The van der Waals surface area contributed by atoms with Crippen molar-refractivity contribution in [2.24, 2.45) is 0 Å². The van der Waals surface area contributed by atoms with E-state index in [1.165, 1.54) is 5.69 Å². The van der Waals surface area contributed by atoms with Crippen LogP contribution >= 0.6 is 11.6 Å². The maximum atomic E-state index is 13.6. The van der Waals surface area contributed by atoms with Gasteiger partial charge in [-0.1, -0.05) is 78.7 Å². The molecule has 2 N–H and O–H groups in total. The Bertz CT molecular complexity index is 1380. The van der Waals surface area contributed by atoms with Gasteiger partial charge in [0.25, 0.3) is 0 Å². The van der Waals surface area contributed by atoms with Gasteiger partial charge in [0.15, 0.2) is 11.6 Å². The first-order chi connectivity index (χ1) is 18.6. The van der Waals surface area contributed by atoms with Crippen LogP contribution in [0, 0.1) is 0 Å². The summed E-state index contributed by atoms with van der Waals surface area (Å²) in [6, 6.07) is 24.9. The SMILES string of the molecule is O=C1c2ccccc2C(=O)C1(CCCCN1CCN(c2cccc(Cl)c2)CC1)c1ccccc1.O=S(=O)(O)O. The van der Waals surface area contributed by atoms with E-state index in [9.17, 15) is 9.59 Å². The van der Waals surface area contributed by atoms with Gasteiger partial charge in [-0.25, -0.2) is 0 Å². The molecule has 39 heavy (non-hydrogen) atoms. The molecule has 8 nitrogen and oxygen atoms in total. The van der Waals surface area contributed by atoms with Crippen LogP contribution in [-0.2, 0) is 15.8 Å². The summed E-state index contributed by atoms with van der Waals surface area (Å²) >= 11 is 6.15. The van der Waals surface area contributed by atoms with Crippen molar-refractivity contribution in [3.05, 3.63) is 101 Å². The first-order valence-corrected chi connectivity index (χ1v) is 14.5. The average molecular weight is 571 g/mol. The van der Waals surface area contributed by atoms with E-state index in [1.807, 2.05) is 60.7 Å². The minimum Gasteiger partial charge on any atom is -0.369 e. The number of halogens is 1. The van der Waals surface area contributed by atoms with E-state index in [0.29, 0.717) is 17.5 Å². The van der Waals surface area contributed by atoms with Crippen LogP contribution in [0.2, 0.25) is 5.02 Å².